The molecule has 0 aliphatic heterocycles. The molecule has 0 radical (unpaired) electrons. The number of fused-ring (bicyclic) bond motifs is 1. The molecule has 3 rings (SSSR count). The Morgan fingerprint density at radius 1 is 1.30 bits per heavy atom. The minimum absolute atomic E-state index is 0.151. The average molecular weight is 314 g/mol. The Morgan fingerprint density at radius 3 is 2.87 bits per heavy atom. The summed E-state index contributed by atoms with van der Waals surface area (Å²) >= 11 is 0. The van der Waals surface area contributed by atoms with Gasteiger partial charge in [0.1, 0.15) is 11.5 Å². The van der Waals surface area contributed by atoms with E-state index in [2.05, 4.69) is 5.32 Å². The van der Waals surface area contributed by atoms with Crippen LogP contribution in [0.4, 0.5) is 4.39 Å². The van der Waals surface area contributed by atoms with Gasteiger partial charge in [-0.05, 0) is 23.6 Å². The summed E-state index contributed by atoms with van der Waals surface area (Å²) < 4.78 is 20.7. The van der Waals surface area contributed by atoms with Crippen LogP contribution in [0.2, 0.25) is 0 Å². The van der Waals surface area contributed by atoms with Crippen LogP contribution in [0.15, 0.2) is 47.1 Å². The smallest absolute Gasteiger partial charge is 0.268 e. The summed E-state index contributed by atoms with van der Waals surface area (Å²) in [5.74, 6) is -0.0704. The number of benzene rings is 1. The number of aromatic nitrogens is 1. The molecule has 3 aromatic rings. The van der Waals surface area contributed by atoms with Gasteiger partial charge in [-0.2, -0.15) is 0 Å². The van der Waals surface area contributed by atoms with Crippen molar-refractivity contribution < 1.29 is 13.6 Å². The molecule has 0 fully saturated rings. The van der Waals surface area contributed by atoms with E-state index < -0.39 is 0 Å². The largest absolute Gasteiger partial charge is 0.463 e. The Labute approximate surface area is 133 Å². The van der Waals surface area contributed by atoms with E-state index in [1.54, 1.807) is 18.4 Å². The third kappa shape index (κ3) is 3.28. The highest BCUT2D eigenvalue weighted by Crippen LogP contribution is 2.22. The van der Waals surface area contributed by atoms with Crippen LogP contribution >= 0.6 is 0 Å². The summed E-state index contributed by atoms with van der Waals surface area (Å²) in [5, 5.41) is 2.91. The summed E-state index contributed by atoms with van der Waals surface area (Å²) in [5.41, 5.74) is 2.78. The Hall–Kier alpha value is -2.56. The quantitative estimate of drug-likeness (QED) is 0.778. The first-order valence-corrected chi connectivity index (χ1v) is 7.64. The molecule has 5 heteroatoms. The van der Waals surface area contributed by atoms with E-state index in [0.29, 0.717) is 30.3 Å². The predicted molar refractivity (Wildman–Crippen MR) is 86.9 cm³/mol. The molecular weight excluding hydrogens is 295 g/mol. The zero-order chi connectivity index (χ0) is 16.4. The van der Waals surface area contributed by atoms with E-state index in [-0.39, 0.29) is 11.7 Å². The lowest BCUT2D eigenvalue weighted by molar-refractivity contribution is 0.0940. The molecule has 2 heterocycles. The molecule has 2 aromatic heterocycles. The van der Waals surface area contributed by atoms with Gasteiger partial charge in [-0.1, -0.05) is 26.0 Å². The lowest BCUT2D eigenvalue weighted by Crippen LogP contribution is -2.29. The van der Waals surface area contributed by atoms with Crippen molar-refractivity contribution in [2.75, 3.05) is 6.54 Å². The normalized spacial score (nSPS) is 11.3. The van der Waals surface area contributed by atoms with Crippen LogP contribution in [-0.4, -0.2) is 17.0 Å². The second-order valence-corrected chi connectivity index (χ2v) is 6.02. The monoisotopic (exact) mass is 314 g/mol. The van der Waals surface area contributed by atoms with E-state index in [4.69, 9.17) is 4.42 Å². The zero-order valence-electron chi connectivity index (χ0n) is 13.2. The van der Waals surface area contributed by atoms with Gasteiger partial charge in [-0.25, -0.2) is 4.39 Å². The molecule has 0 saturated heterocycles. The molecule has 0 unspecified atom stereocenters. The van der Waals surface area contributed by atoms with Crippen molar-refractivity contribution in [2.24, 2.45) is 5.92 Å². The Bertz CT molecular complexity index is 833. The predicted octanol–water partition coefficient (Wildman–Crippen LogP) is 3.81. The number of furan rings is 1. The Morgan fingerprint density at radius 2 is 2.13 bits per heavy atom. The van der Waals surface area contributed by atoms with Crippen molar-refractivity contribution in [1.82, 2.24) is 9.88 Å². The number of nitrogens with zero attached hydrogens (tertiary/aromatic N) is 1. The van der Waals surface area contributed by atoms with E-state index in [1.807, 2.05) is 30.5 Å². The van der Waals surface area contributed by atoms with Gasteiger partial charge >= 0.3 is 0 Å². The number of carbonyl (C=O) groups excluding carboxylic acids is 1. The molecule has 1 aromatic carbocycles. The number of hydrogen-bond donors (Lipinski definition) is 1. The Balaban J connectivity index is 1.95. The lowest BCUT2D eigenvalue weighted by Gasteiger charge is -2.12. The summed E-state index contributed by atoms with van der Waals surface area (Å²) in [6.45, 7) is 5.09. The molecule has 0 saturated carbocycles. The van der Waals surface area contributed by atoms with Crippen LogP contribution in [0.5, 0.6) is 0 Å². The molecule has 0 aliphatic carbocycles. The molecular formula is C18H19FN2O2. The first kappa shape index (κ1) is 15.3. The molecule has 0 spiro atoms. The minimum atomic E-state index is -0.288. The van der Waals surface area contributed by atoms with Gasteiger partial charge in [0, 0.05) is 25.2 Å². The van der Waals surface area contributed by atoms with Gasteiger partial charge in [0.2, 0.25) is 0 Å². The van der Waals surface area contributed by atoms with Crippen molar-refractivity contribution in [1.29, 1.82) is 0 Å². The third-order valence-corrected chi connectivity index (χ3v) is 3.66. The minimum Gasteiger partial charge on any atom is -0.463 e. The fraction of sp³-hybridized carbons (Fsp3) is 0.278. The molecule has 0 aliphatic rings. The van der Waals surface area contributed by atoms with Crippen LogP contribution in [0.3, 0.4) is 0 Å². The third-order valence-electron chi connectivity index (χ3n) is 3.66. The fourth-order valence-corrected chi connectivity index (χ4v) is 2.54. The number of nitrogens with one attached hydrogen (secondary N) is 1. The molecule has 4 nitrogen and oxygen atoms in total. The van der Waals surface area contributed by atoms with Crippen molar-refractivity contribution in [3.8, 4) is 0 Å². The SMILES string of the molecule is CC(C)CNC(=O)c1cc2occc2n1Cc1cccc(F)c1. The van der Waals surface area contributed by atoms with E-state index in [1.165, 1.54) is 12.1 Å². The molecule has 0 atom stereocenters. The zero-order valence-corrected chi connectivity index (χ0v) is 13.2. The number of carbonyl (C=O) groups is 1. The topological polar surface area (TPSA) is 47.2 Å². The van der Waals surface area contributed by atoms with Crippen LogP contribution in [-0.2, 0) is 6.54 Å². The molecule has 1 amide bonds. The van der Waals surface area contributed by atoms with Crippen LogP contribution < -0.4 is 5.32 Å². The highest BCUT2D eigenvalue weighted by Gasteiger charge is 2.17. The van der Waals surface area contributed by atoms with Gasteiger partial charge < -0.3 is 14.3 Å². The number of amides is 1. The van der Waals surface area contributed by atoms with Crippen LogP contribution in [0.1, 0.15) is 29.9 Å². The second kappa shape index (κ2) is 6.28. The van der Waals surface area contributed by atoms with E-state index in [0.717, 1.165) is 11.1 Å². The molecule has 120 valence electrons. The Kier molecular flexibility index (Phi) is 4.19. The first-order chi connectivity index (χ1) is 11.0. The van der Waals surface area contributed by atoms with Gasteiger partial charge in [0.15, 0.2) is 5.58 Å². The molecule has 0 bridgehead atoms. The average Bonchev–Trinajstić information content (AvgIpc) is 3.07. The maximum absolute atomic E-state index is 13.4. The summed E-state index contributed by atoms with van der Waals surface area (Å²) in [6, 6.07) is 9.92. The molecule has 1 N–H and O–H groups in total. The first-order valence-electron chi connectivity index (χ1n) is 7.64. The standard InChI is InChI=1S/C18H19FN2O2/c1-12(2)10-20-18(22)16-9-17-15(6-7-23-17)21(16)11-13-4-3-5-14(19)8-13/h3-9,12H,10-11H2,1-2H3,(H,20,22). The van der Waals surface area contributed by atoms with Crippen molar-refractivity contribution in [2.45, 2.75) is 20.4 Å². The van der Waals surface area contributed by atoms with Crippen molar-refractivity contribution in [3.63, 3.8) is 0 Å². The number of rotatable bonds is 5. The van der Waals surface area contributed by atoms with Gasteiger partial charge in [-0.15, -0.1) is 0 Å². The van der Waals surface area contributed by atoms with Crippen molar-refractivity contribution >= 4 is 17.0 Å². The number of hydrogen-bond acceptors (Lipinski definition) is 2. The maximum Gasteiger partial charge on any atom is 0.268 e. The lowest BCUT2D eigenvalue weighted by atomic mass is 10.2. The van der Waals surface area contributed by atoms with Crippen LogP contribution in [0, 0.1) is 11.7 Å². The van der Waals surface area contributed by atoms with E-state index >= 15 is 0 Å². The van der Waals surface area contributed by atoms with Gasteiger partial charge in [0.25, 0.3) is 5.91 Å². The summed E-state index contributed by atoms with van der Waals surface area (Å²) in [7, 11) is 0. The second-order valence-electron chi connectivity index (χ2n) is 6.02. The van der Waals surface area contributed by atoms with E-state index in [9.17, 15) is 9.18 Å². The summed E-state index contributed by atoms with van der Waals surface area (Å²) in [4.78, 5) is 12.4. The van der Waals surface area contributed by atoms with Gasteiger partial charge in [-0.3, -0.25) is 4.79 Å². The van der Waals surface area contributed by atoms with Crippen LogP contribution in [0.25, 0.3) is 11.1 Å². The van der Waals surface area contributed by atoms with Crippen molar-refractivity contribution in [3.05, 3.63) is 59.7 Å². The maximum atomic E-state index is 13.4. The highest BCUT2D eigenvalue weighted by atomic mass is 19.1. The molecule has 23 heavy (non-hydrogen) atoms. The highest BCUT2D eigenvalue weighted by molar-refractivity contribution is 5.97. The van der Waals surface area contributed by atoms with Gasteiger partial charge in [0.05, 0.1) is 11.8 Å². The fourth-order valence-electron chi connectivity index (χ4n) is 2.54. The number of halogens is 1. The summed E-state index contributed by atoms with van der Waals surface area (Å²) in [6.07, 6.45) is 1.59.